The third kappa shape index (κ3) is 2.39. The van der Waals surface area contributed by atoms with Crippen molar-refractivity contribution in [3.63, 3.8) is 0 Å². The molecule has 1 saturated carbocycles. The largest absolute Gasteiger partial charge is 0.469 e. The molecule has 2 bridgehead atoms. The maximum atomic E-state index is 12.0. The molecule has 0 spiro atoms. The Labute approximate surface area is 99.1 Å². The van der Waals surface area contributed by atoms with E-state index in [1.807, 2.05) is 0 Å². The first-order chi connectivity index (χ1) is 7.52. The quantitative estimate of drug-likeness (QED) is 0.427. The van der Waals surface area contributed by atoms with E-state index in [0.29, 0.717) is 18.1 Å². The lowest BCUT2D eigenvalue weighted by Gasteiger charge is -2.22. The van der Waals surface area contributed by atoms with Crippen molar-refractivity contribution in [1.29, 1.82) is 0 Å². The molecule has 2 rings (SSSR count). The second-order valence-electron chi connectivity index (χ2n) is 6.01. The highest BCUT2D eigenvalue weighted by atomic mass is 28.3. The molecule has 3 heteroatoms. The molecule has 16 heavy (non-hydrogen) atoms. The van der Waals surface area contributed by atoms with Crippen LogP contribution in [0, 0.1) is 17.8 Å². The van der Waals surface area contributed by atoms with Crippen LogP contribution in [0.5, 0.6) is 0 Å². The minimum Gasteiger partial charge on any atom is -0.469 e. The zero-order valence-electron chi connectivity index (χ0n) is 10.5. The van der Waals surface area contributed by atoms with Gasteiger partial charge in [0.2, 0.25) is 0 Å². The van der Waals surface area contributed by atoms with Crippen LogP contribution in [0.15, 0.2) is 12.2 Å². The second kappa shape index (κ2) is 4.36. The summed E-state index contributed by atoms with van der Waals surface area (Å²) in [4.78, 5) is 12.0. The van der Waals surface area contributed by atoms with Crippen LogP contribution in [-0.4, -0.2) is 20.3 Å². The Kier molecular flexibility index (Phi) is 3.24. The fourth-order valence-electron chi connectivity index (χ4n) is 2.53. The van der Waals surface area contributed by atoms with Crippen molar-refractivity contribution < 1.29 is 9.53 Å². The first kappa shape index (κ1) is 11.9. The molecule has 2 nitrogen and oxygen atoms in total. The van der Waals surface area contributed by atoms with Gasteiger partial charge in [-0.25, -0.2) is 0 Å². The Hall–Kier alpha value is -0.573. The molecule has 0 aromatic carbocycles. The summed E-state index contributed by atoms with van der Waals surface area (Å²) in [5, 5.41) is 0. The summed E-state index contributed by atoms with van der Waals surface area (Å²) in [6.07, 6.45) is 7.37. The van der Waals surface area contributed by atoms with E-state index in [2.05, 4.69) is 32.2 Å². The zero-order chi connectivity index (χ0) is 11.8. The number of ether oxygens (including phenoxy) is 1. The van der Waals surface area contributed by atoms with E-state index < -0.39 is 8.07 Å². The third-order valence-electron chi connectivity index (χ3n) is 4.14. The summed E-state index contributed by atoms with van der Waals surface area (Å²) >= 11 is 0. The molecule has 2 aliphatic rings. The molecule has 1 fully saturated rings. The Morgan fingerprint density at radius 3 is 2.62 bits per heavy atom. The maximum absolute atomic E-state index is 12.0. The number of rotatable bonds is 4. The van der Waals surface area contributed by atoms with E-state index in [9.17, 15) is 4.79 Å². The summed E-state index contributed by atoms with van der Waals surface area (Å²) < 4.78 is 5.52. The molecule has 3 unspecified atom stereocenters. The monoisotopic (exact) mass is 238 g/mol. The SMILES string of the molecule is CC[Si](C)(C)COC(=O)C1CC2C=CC1C2. The number of carbonyl (C=O) groups is 1. The molecule has 0 aromatic rings. The van der Waals surface area contributed by atoms with E-state index in [4.69, 9.17) is 4.74 Å². The van der Waals surface area contributed by atoms with Gasteiger partial charge in [0.15, 0.2) is 0 Å². The third-order valence-corrected chi connectivity index (χ3v) is 6.98. The molecular weight excluding hydrogens is 216 g/mol. The van der Waals surface area contributed by atoms with Crippen LogP contribution in [0.2, 0.25) is 19.1 Å². The highest BCUT2D eigenvalue weighted by molar-refractivity contribution is 6.77. The van der Waals surface area contributed by atoms with Gasteiger partial charge in [-0.15, -0.1) is 0 Å². The fraction of sp³-hybridized carbons (Fsp3) is 0.769. The number of hydrogen-bond acceptors (Lipinski definition) is 2. The first-order valence-corrected chi connectivity index (χ1v) is 9.78. The molecule has 0 heterocycles. The lowest BCUT2D eigenvalue weighted by molar-refractivity contribution is -0.147. The average Bonchev–Trinajstić information content (AvgIpc) is 2.87. The minimum absolute atomic E-state index is 0.0610. The summed E-state index contributed by atoms with van der Waals surface area (Å²) in [5.74, 6) is 1.35. The van der Waals surface area contributed by atoms with Crippen LogP contribution in [0.4, 0.5) is 0 Å². The predicted molar refractivity (Wildman–Crippen MR) is 67.8 cm³/mol. The summed E-state index contributed by atoms with van der Waals surface area (Å²) in [6, 6.07) is 1.18. The van der Waals surface area contributed by atoms with Crippen LogP contribution in [0.3, 0.4) is 0 Å². The van der Waals surface area contributed by atoms with E-state index in [1.165, 1.54) is 12.5 Å². The lowest BCUT2D eigenvalue weighted by atomic mass is 9.94. The normalized spacial score (nSPS) is 32.1. The highest BCUT2D eigenvalue weighted by Gasteiger charge is 2.41. The van der Waals surface area contributed by atoms with Gasteiger partial charge < -0.3 is 4.74 Å². The van der Waals surface area contributed by atoms with Gasteiger partial charge in [0, 0.05) is 0 Å². The Morgan fingerprint density at radius 2 is 2.12 bits per heavy atom. The standard InChI is InChI=1S/C13H22O2Si/c1-4-16(2,3)9-15-13(14)12-8-10-5-6-11(12)7-10/h5-6,10-12H,4,7-9H2,1-3H3. The topological polar surface area (TPSA) is 26.3 Å². The molecule has 0 aliphatic heterocycles. The zero-order valence-corrected chi connectivity index (χ0v) is 11.5. The van der Waals surface area contributed by atoms with Gasteiger partial charge in [-0.3, -0.25) is 4.79 Å². The summed E-state index contributed by atoms with van der Waals surface area (Å²) in [6.45, 7) is 6.75. The lowest BCUT2D eigenvalue weighted by Crippen LogP contribution is -2.35. The van der Waals surface area contributed by atoms with E-state index in [1.54, 1.807) is 0 Å². The summed E-state index contributed by atoms with van der Waals surface area (Å²) in [7, 11) is -1.27. The maximum Gasteiger partial charge on any atom is 0.309 e. The van der Waals surface area contributed by atoms with Crippen molar-refractivity contribution in [3.8, 4) is 0 Å². The molecule has 90 valence electrons. The number of fused-ring (bicyclic) bond motifs is 2. The molecule has 3 atom stereocenters. The average molecular weight is 238 g/mol. The molecule has 2 aliphatic carbocycles. The molecule has 0 radical (unpaired) electrons. The molecule has 0 N–H and O–H groups in total. The van der Waals surface area contributed by atoms with Gasteiger partial charge in [0.05, 0.1) is 20.2 Å². The van der Waals surface area contributed by atoms with Crippen LogP contribution < -0.4 is 0 Å². The van der Waals surface area contributed by atoms with Crippen molar-refractivity contribution >= 4 is 14.0 Å². The van der Waals surface area contributed by atoms with Crippen molar-refractivity contribution in [2.45, 2.75) is 38.9 Å². The van der Waals surface area contributed by atoms with Crippen molar-refractivity contribution in [1.82, 2.24) is 0 Å². The smallest absolute Gasteiger partial charge is 0.309 e. The number of esters is 1. The van der Waals surface area contributed by atoms with Crippen molar-refractivity contribution in [3.05, 3.63) is 12.2 Å². The van der Waals surface area contributed by atoms with Crippen molar-refractivity contribution in [2.24, 2.45) is 17.8 Å². The van der Waals surface area contributed by atoms with E-state index in [-0.39, 0.29) is 11.9 Å². The van der Waals surface area contributed by atoms with Gasteiger partial charge in [-0.2, -0.15) is 0 Å². The van der Waals surface area contributed by atoms with Crippen molar-refractivity contribution in [2.75, 3.05) is 6.23 Å². The highest BCUT2D eigenvalue weighted by Crippen LogP contribution is 2.43. The summed E-state index contributed by atoms with van der Waals surface area (Å²) in [5.41, 5.74) is 0. The minimum atomic E-state index is -1.27. The van der Waals surface area contributed by atoms with Crippen LogP contribution in [-0.2, 0) is 9.53 Å². The Morgan fingerprint density at radius 1 is 1.38 bits per heavy atom. The van der Waals surface area contributed by atoms with Crippen LogP contribution >= 0.6 is 0 Å². The molecule has 0 aromatic heterocycles. The van der Waals surface area contributed by atoms with Gasteiger partial charge >= 0.3 is 5.97 Å². The molecular formula is C13H22O2Si. The first-order valence-electron chi connectivity index (χ1n) is 6.37. The predicted octanol–water partition coefficient (Wildman–Crippen LogP) is 3.01. The van der Waals surface area contributed by atoms with Crippen LogP contribution in [0.1, 0.15) is 19.8 Å². The van der Waals surface area contributed by atoms with Gasteiger partial charge in [-0.05, 0) is 24.7 Å². The number of hydrogen-bond donors (Lipinski definition) is 0. The Bertz CT molecular complexity index is 309. The van der Waals surface area contributed by atoms with Gasteiger partial charge in [-0.1, -0.05) is 38.2 Å². The van der Waals surface area contributed by atoms with E-state index in [0.717, 1.165) is 6.42 Å². The van der Waals surface area contributed by atoms with Gasteiger partial charge in [0.25, 0.3) is 0 Å². The van der Waals surface area contributed by atoms with E-state index >= 15 is 0 Å². The van der Waals surface area contributed by atoms with Crippen LogP contribution in [0.25, 0.3) is 0 Å². The van der Waals surface area contributed by atoms with Gasteiger partial charge in [0.1, 0.15) is 0 Å². The molecule has 0 amide bonds. The Balaban J connectivity index is 1.83. The number of carbonyl (C=O) groups excluding carboxylic acids is 1. The molecule has 0 saturated heterocycles. The number of allylic oxidation sites excluding steroid dienone is 2. The second-order valence-corrected chi connectivity index (χ2v) is 11.3. The fourth-order valence-corrected chi connectivity index (χ4v) is 3.26.